The smallest absolute Gasteiger partial charge is 0.129 e. The Bertz CT molecular complexity index is 1040. The topological polar surface area (TPSA) is 25.4 Å². The Morgan fingerprint density at radius 2 is 1.56 bits per heavy atom. The summed E-state index contributed by atoms with van der Waals surface area (Å²) in [6, 6.07) is 29.2. The zero-order valence-electron chi connectivity index (χ0n) is 15.6. The maximum atomic E-state index is 5.25. The quantitative estimate of drug-likeness (QED) is 0.470. The first-order chi connectivity index (χ1) is 13.2. The minimum absolute atomic E-state index is 0.781. The van der Waals surface area contributed by atoms with E-state index in [1.54, 1.807) is 7.11 Å². The van der Waals surface area contributed by atoms with E-state index < -0.39 is 0 Å². The lowest BCUT2D eigenvalue weighted by Crippen LogP contribution is -2.17. The number of hydrogen-bond acceptors (Lipinski definition) is 3. The Kier molecular flexibility index (Phi) is 4.75. The number of para-hydroxylation sites is 1. The third-order valence-corrected chi connectivity index (χ3v) is 4.76. The molecule has 27 heavy (non-hydrogen) atoms. The number of benzene rings is 3. The molecule has 0 saturated heterocycles. The molecule has 0 bridgehead atoms. The SMILES string of the molecule is COc1ccc(CN(C)c2cc(-c3ccccc3)c3ccccc3n2)cc1. The molecule has 4 rings (SSSR count). The first kappa shape index (κ1) is 17.1. The van der Waals surface area contributed by atoms with Crippen molar-refractivity contribution >= 4 is 16.7 Å². The van der Waals surface area contributed by atoms with Crippen LogP contribution >= 0.6 is 0 Å². The predicted molar refractivity (Wildman–Crippen MR) is 112 cm³/mol. The lowest BCUT2D eigenvalue weighted by atomic mass is 10.0. The van der Waals surface area contributed by atoms with E-state index in [1.165, 1.54) is 22.1 Å². The van der Waals surface area contributed by atoms with E-state index in [1.807, 2.05) is 24.3 Å². The molecule has 0 aliphatic rings. The largest absolute Gasteiger partial charge is 0.497 e. The van der Waals surface area contributed by atoms with Gasteiger partial charge in [0.25, 0.3) is 0 Å². The van der Waals surface area contributed by atoms with Gasteiger partial charge in [-0.25, -0.2) is 4.98 Å². The molecule has 3 aromatic carbocycles. The summed E-state index contributed by atoms with van der Waals surface area (Å²) in [6.45, 7) is 0.781. The summed E-state index contributed by atoms with van der Waals surface area (Å²) < 4.78 is 5.25. The van der Waals surface area contributed by atoms with Gasteiger partial charge in [0.2, 0.25) is 0 Å². The van der Waals surface area contributed by atoms with Gasteiger partial charge >= 0.3 is 0 Å². The number of hydrogen-bond donors (Lipinski definition) is 0. The number of fused-ring (bicyclic) bond motifs is 1. The van der Waals surface area contributed by atoms with Gasteiger partial charge in [-0.2, -0.15) is 0 Å². The van der Waals surface area contributed by atoms with Gasteiger partial charge in [0.05, 0.1) is 12.6 Å². The van der Waals surface area contributed by atoms with E-state index in [9.17, 15) is 0 Å². The summed E-state index contributed by atoms with van der Waals surface area (Å²) in [7, 11) is 3.77. The van der Waals surface area contributed by atoms with Crippen LogP contribution in [0.2, 0.25) is 0 Å². The zero-order chi connectivity index (χ0) is 18.6. The van der Waals surface area contributed by atoms with E-state index in [2.05, 4.69) is 72.6 Å². The first-order valence-corrected chi connectivity index (χ1v) is 9.04. The average Bonchev–Trinajstić information content (AvgIpc) is 2.74. The Hall–Kier alpha value is -3.33. The molecule has 4 aromatic rings. The van der Waals surface area contributed by atoms with Crippen molar-refractivity contribution < 1.29 is 4.74 Å². The molecule has 0 atom stereocenters. The molecule has 0 fully saturated rings. The Balaban J connectivity index is 1.72. The number of anilines is 1. The molecule has 1 heterocycles. The van der Waals surface area contributed by atoms with Gasteiger partial charge in [-0.05, 0) is 41.0 Å². The summed E-state index contributed by atoms with van der Waals surface area (Å²) in [5.41, 5.74) is 4.64. The summed E-state index contributed by atoms with van der Waals surface area (Å²) in [6.07, 6.45) is 0. The van der Waals surface area contributed by atoms with Gasteiger partial charge < -0.3 is 9.64 Å². The van der Waals surface area contributed by atoms with Crippen molar-refractivity contribution in [3.63, 3.8) is 0 Å². The highest BCUT2D eigenvalue weighted by Crippen LogP contribution is 2.31. The summed E-state index contributed by atoms with van der Waals surface area (Å²) in [5.74, 6) is 1.83. The van der Waals surface area contributed by atoms with Crippen molar-refractivity contribution in [1.82, 2.24) is 4.98 Å². The highest BCUT2D eigenvalue weighted by atomic mass is 16.5. The third-order valence-electron chi connectivity index (χ3n) is 4.76. The highest BCUT2D eigenvalue weighted by Gasteiger charge is 2.11. The van der Waals surface area contributed by atoms with Gasteiger partial charge in [-0.3, -0.25) is 0 Å². The van der Waals surface area contributed by atoms with Crippen LogP contribution < -0.4 is 9.64 Å². The molecule has 1 aromatic heterocycles. The Morgan fingerprint density at radius 3 is 2.30 bits per heavy atom. The number of pyridine rings is 1. The van der Waals surface area contributed by atoms with E-state index in [4.69, 9.17) is 9.72 Å². The van der Waals surface area contributed by atoms with Gasteiger partial charge in [0, 0.05) is 19.0 Å². The molecule has 0 aliphatic carbocycles. The maximum Gasteiger partial charge on any atom is 0.129 e. The lowest BCUT2D eigenvalue weighted by Gasteiger charge is -2.20. The van der Waals surface area contributed by atoms with Crippen LogP contribution in [-0.4, -0.2) is 19.1 Å². The van der Waals surface area contributed by atoms with Crippen molar-refractivity contribution in [3.05, 3.63) is 90.5 Å². The molecule has 3 nitrogen and oxygen atoms in total. The van der Waals surface area contributed by atoms with E-state index in [0.717, 1.165) is 23.6 Å². The molecular formula is C24H22N2O. The summed E-state index contributed by atoms with van der Waals surface area (Å²) in [5, 5.41) is 1.17. The van der Waals surface area contributed by atoms with Crippen molar-refractivity contribution in [1.29, 1.82) is 0 Å². The zero-order valence-corrected chi connectivity index (χ0v) is 15.6. The second kappa shape index (κ2) is 7.50. The summed E-state index contributed by atoms with van der Waals surface area (Å²) in [4.78, 5) is 7.07. The minimum atomic E-state index is 0.781. The Labute approximate surface area is 159 Å². The van der Waals surface area contributed by atoms with Crippen LogP contribution in [-0.2, 0) is 6.54 Å². The van der Waals surface area contributed by atoms with Crippen LogP contribution in [0.25, 0.3) is 22.0 Å². The van der Waals surface area contributed by atoms with Crippen molar-refractivity contribution in [2.45, 2.75) is 6.54 Å². The van der Waals surface area contributed by atoms with Crippen molar-refractivity contribution in [2.75, 3.05) is 19.1 Å². The highest BCUT2D eigenvalue weighted by molar-refractivity contribution is 5.96. The molecule has 0 amide bonds. The number of nitrogens with zero attached hydrogens (tertiary/aromatic N) is 2. The van der Waals surface area contributed by atoms with Gasteiger partial charge in [0.15, 0.2) is 0 Å². The van der Waals surface area contributed by atoms with E-state index in [0.29, 0.717) is 0 Å². The molecule has 0 radical (unpaired) electrons. The molecule has 0 N–H and O–H groups in total. The fraction of sp³-hybridized carbons (Fsp3) is 0.125. The van der Waals surface area contributed by atoms with Gasteiger partial charge in [-0.15, -0.1) is 0 Å². The monoisotopic (exact) mass is 354 g/mol. The van der Waals surface area contributed by atoms with Crippen LogP contribution in [0.4, 0.5) is 5.82 Å². The number of methoxy groups -OCH3 is 1. The van der Waals surface area contributed by atoms with Crippen LogP contribution in [0.1, 0.15) is 5.56 Å². The normalized spacial score (nSPS) is 10.7. The number of aromatic nitrogens is 1. The molecule has 3 heteroatoms. The van der Waals surface area contributed by atoms with Gasteiger partial charge in [-0.1, -0.05) is 60.7 Å². The fourth-order valence-corrected chi connectivity index (χ4v) is 3.30. The number of rotatable bonds is 5. The number of ether oxygens (including phenoxy) is 1. The fourth-order valence-electron chi connectivity index (χ4n) is 3.30. The molecule has 0 aliphatic heterocycles. The van der Waals surface area contributed by atoms with E-state index >= 15 is 0 Å². The second-order valence-corrected chi connectivity index (χ2v) is 6.62. The molecule has 0 unspecified atom stereocenters. The standard InChI is InChI=1S/C24H22N2O/c1-26(17-18-12-14-20(27-2)15-13-18)24-16-22(19-8-4-3-5-9-19)21-10-6-7-11-23(21)25-24/h3-16H,17H2,1-2H3. The van der Waals surface area contributed by atoms with Gasteiger partial charge in [0.1, 0.15) is 11.6 Å². The molecular weight excluding hydrogens is 332 g/mol. The van der Waals surface area contributed by atoms with Crippen LogP contribution in [0.3, 0.4) is 0 Å². The summed E-state index contributed by atoms with van der Waals surface area (Å²) >= 11 is 0. The van der Waals surface area contributed by atoms with Crippen molar-refractivity contribution in [3.8, 4) is 16.9 Å². The Morgan fingerprint density at radius 1 is 0.852 bits per heavy atom. The van der Waals surface area contributed by atoms with E-state index in [-0.39, 0.29) is 0 Å². The first-order valence-electron chi connectivity index (χ1n) is 9.04. The maximum absolute atomic E-state index is 5.25. The second-order valence-electron chi connectivity index (χ2n) is 6.62. The average molecular weight is 354 g/mol. The molecule has 134 valence electrons. The van der Waals surface area contributed by atoms with Crippen molar-refractivity contribution in [2.24, 2.45) is 0 Å². The third kappa shape index (κ3) is 3.63. The molecule has 0 saturated carbocycles. The van der Waals surface area contributed by atoms with Crippen LogP contribution in [0.15, 0.2) is 84.9 Å². The van der Waals surface area contributed by atoms with Crippen LogP contribution in [0.5, 0.6) is 5.75 Å². The predicted octanol–water partition coefficient (Wildman–Crippen LogP) is 5.55. The molecule has 0 spiro atoms. The van der Waals surface area contributed by atoms with Crippen LogP contribution in [0, 0.1) is 0 Å². The lowest BCUT2D eigenvalue weighted by molar-refractivity contribution is 0.414. The minimum Gasteiger partial charge on any atom is -0.497 e.